The third kappa shape index (κ3) is 3.92. The van der Waals surface area contributed by atoms with Gasteiger partial charge < -0.3 is 20.9 Å². The molecule has 0 spiro atoms. The average Bonchev–Trinajstić information content (AvgIpc) is 3.21. The number of nitrogens with one attached hydrogen (secondary N) is 5. The van der Waals surface area contributed by atoms with E-state index >= 15 is 0 Å². The third-order valence-electron chi connectivity index (χ3n) is 3.37. The van der Waals surface area contributed by atoms with Gasteiger partial charge in [0, 0.05) is 5.56 Å². The quantitative estimate of drug-likeness (QED) is 0.557. The molecule has 0 aliphatic carbocycles. The molecule has 0 radical (unpaired) electrons. The maximum Gasteiger partial charge on any atom is 0.414 e. The van der Waals surface area contributed by atoms with E-state index in [1.54, 1.807) is 37.4 Å². The highest BCUT2D eigenvalue weighted by Crippen LogP contribution is 2.27. The monoisotopic (exact) mass is 375 g/mol. The van der Waals surface area contributed by atoms with Crippen molar-refractivity contribution >= 4 is 45.6 Å². The molecular weight excluding hydrogens is 358 g/mol. The van der Waals surface area contributed by atoms with Crippen LogP contribution in [0.4, 0.5) is 21.2 Å². The number of hydrazine groups is 2. The largest absolute Gasteiger partial charge is 0.447 e. The Kier molecular flexibility index (Phi) is 5.05. The lowest BCUT2D eigenvalue weighted by Gasteiger charge is -2.10. The number of hydrogen-bond donors (Lipinski definition) is 5. The van der Waals surface area contributed by atoms with Crippen LogP contribution in [0.3, 0.4) is 0 Å². The Labute approximate surface area is 153 Å². The third-order valence-corrected chi connectivity index (χ3v) is 4.20. The molecule has 136 valence electrons. The van der Waals surface area contributed by atoms with Gasteiger partial charge in [0.05, 0.1) is 23.0 Å². The summed E-state index contributed by atoms with van der Waals surface area (Å²) in [6, 6.07) is 6.60. The minimum absolute atomic E-state index is 0.187. The van der Waals surface area contributed by atoms with Crippen molar-refractivity contribution in [3.05, 3.63) is 40.8 Å². The smallest absolute Gasteiger partial charge is 0.414 e. The zero-order valence-electron chi connectivity index (χ0n) is 14.0. The number of ether oxygens (including phenoxy) is 1. The second kappa shape index (κ2) is 7.42. The lowest BCUT2D eigenvalue weighted by Crippen LogP contribution is -2.32. The molecule has 1 aliphatic rings. The summed E-state index contributed by atoms with van der Waals surface area (Å²) in [7, 11) is 0. The number of imide groups is 1. The fourth-order valence-corrected chi connectivity index (χ4v) is 3.01. The Morgan fingerprint density at radius 1 is 1.08 bits per heavy atom. The number of benzene rings is 1. The number of amides is 3. The first-order chi connectivity index (χ1) is 12.4. The van der Waals surface area contributed by atoms with Crippen molar-refractivity contribution in [2.45, 2.75) is 20.0 Å². The van der Waals surface area contributed by atoms with E-state index in [0.717, 1.165) is 11.4 Å². The van der Waals surface area contributed by atoms with Gasteiger partial charge in [-0.3, -0.25) is 14.9 Å². The zero-order valence-corrected chi connectivity index (χ0v) is 14.8. The van der Waals surface area contributed by atoms with Crippen LogP contribution in [0.25, 0.3) is 0 Å². The van der Waals surface area contributed by atoms with E-state index in [4.69, 9.17) is 4.74 Å². The molecule has 0 bridgehead atoms. The van der Waals surface area contributed by atoms with Crippen LogP contribution in [0.2, 0.25) is 0 Å². The van der Waals surface area contributed by atoms with Crippen LogP contribution in [-0.2, 0) is 4.74 Å². The molecule has 0 unspecified atom stereocenters. The van der Waals surface area contributed by atoms with Crippen molar-refractivity contribution in [1.29, 1.82) is 0 Å². The molecule has 1 aromatic heterocycles. The number of anilines is 3. The van der Waals surface area contributed by atoms with Crippen LogP contribution in [-0.4, -0.2) is 24.0 Å². The van der Waals surface area contributed by atoms with E-state index in [9.17, 15) is 14.4 Å². The van der Waals surface area contributed by atoms with Crippen molar-refractivity contribution in [2.75, 3.05) is 16.2 Å². The molecule has 0 fully saturated rings. The number of alkyl carbamates (subject to hydrolysis) is 1. The summed E-state index contributed by atoms with van der Waals surface area (Å²) in [5.41, 5.74) is 10.6. The molecule has 3 amide bonds. The van der Waals surface area contributed by atoms with Gasteiger partial charge in [0.2, 0.25) is 0 Å². The molecule has 5 N–H and O–H groups in total. The number of rotatable bonds is 4. The highest BCUT2D eigenvalue weighted by Gasteiger charge is 2.20. The van der Waals surface area contributed by atoms with Gasteiger partial charge in [-0.1, -0.05) is 0 Å². The van der Waals surface area contributed by atoms with Gasteiger partial charge in [0.1, 0.15) is 5.00 Å². The average molecular weight is 375 g/mol. The van der Waals surface area contributed by atoms with Gasteiger partial charge in [-0.05, 0) is 43.5 Å². The van der Waals surface area contributed by atoms with Crippen molar-refractivity contribution < 1.29 is 19.1 Å². The standard InChI is InChI=1S/C16H17N5O4S/c1-8(2)25-16(24)18-14(23)10-5-6-26-15(10)17-13(22)9-3-4-11-12(7-9)20-21-19-11/h3-8,19-21H,1-2H3,(H,17,22)(H,18,23,24). The van der Waals surface area contributed by atoms with Gasteiger partial charge in [-0.2, -0.15) is 0 Å². The van der Waals surface area contributed by atoms with Crippen LogP contribution >= 0.6 is 11.3 Å². The second-order valence-electron chi connectivity index (χ2n) is 5.66. The number of hydrogen-bond acceptors (Lipinski definition) is 8. The SMILES string of the molecule is CC(C)OC(=O)NC(=O)c1ccsc1NC(=O)c1ccc2c(c1)NNN2. The normalized spacial score (nSPS) is 12.0. The van der Waals surface area contributed by atoms with Crippen LogP contribution in [0, 0.1) is 0 Å². The molecule has 1 aliphatic heterocycles. The van der Waals surface area contributed by atoms with Gasteiger partial charge >= 0.3 is 6.09 Å². The fraction of sp³-hybridized carbons (Fsp3) is 0.188. The first-order valence-electron chi connectivity index (χ1n) is 7.76. The molecule has 2 aromatic rings. The Balaban J connectivity index is 1.69. The molecule has 3 rings (SSSR count). The van der Waals surface area contributed by atoms with Crippen LogP contribution in [0.15, 0.2) is 29.6 Å². The Bertz CT molecular complexity index is 864. The molecule has 0 saturated heterocycles. The number of carbonyl (C=O) groups is 3. The van der Waals surface area contributed by atoms with Crippen LogP contribution in [0.5, 0.6) is 0 Å². The summed E-state index contributed by atoms with van der Waals surface area (Å²) < 4.78 is 4.88. The van der Waals surface area contributed by atoms with E-state index in [1.807, 2.05) is 0 Å². The van der Waals surface area contributed by atoms with E-state index in [1.165, 1.54) is 17.4 Å². The molecule has 0 saturated carbocycles. The first kappa shape index (κ1) is 17.7. The number of fused-ring (bicyclic) bond motifs is 1. The van der Waals surface area contributed by atoms with Gasteiger partial charge in [-0.15, -0.1) is 16.9 Å². The summed E-state index contributed by atoms with van der Waals surface area (Å²) >= 11 is 1.18. The minimum Gasteiger partial charge on any atom is -0.447 e. The zero-order chi connectivity index (χ0) is 18.7. The summed E-state index contributed by atoms with van der Waals surface area (Å²) in [4.78, 5) is 36.2. The topological polar surface area (TPSA) is 121 Å². The molecule has 26 heavy (non-hydrogen) atoms. The van der Waals surface area contributed by atoms with E-state index in [-0.39, 0.29) is 17.6 Å². The maximum absolute atomic E-state index is 12.5. The van der Waals surface area contributed by atoms with Crippen LogP contribution in [0.1, 0.15) is 34.6 Å². The predicted octanol–water partition coefficient (Wildman–Crippen LogP) is 2.53. The maximum atomic E-state index is 12.5. The highest BCUT2D eigenvalue weighted by molar-refractivity contribution is 7.14. The molecule has 10 heteroatoms. The summed E-state index contributed by atoms with van der Waals surface area (Å²) in [5, 5.41) is 6.81. The Hall–Kier alpha value is -3.11. The van der Waals surface area contributed by atoms with Crippen molar-refractivity contribution in [1.82, 2.24) is 10.9 Å². The highest BCUT2D eigenvalue weighted by atomic mass is 32.1. The minimum atomic E-state index is -0.835. The van der Waals surface area contributed by atoms with Gasteiger partial charge in [-0.25, -0.2) is 4.79 Å². The first-order valence-corrected chi connectivity index (χ1v) is 8.64. The fourth-order valence-electron chi connectivity index (χ4n) is 2.23. The molecule has 1 aromatic carbocycles. The molecular formula is C16H17N5O4S. The van der Waals surface area contributed by atoms with Crippen LogP contribution < -0.4 is 27.0 Å². The van der Waals surface area contributed by atoms with Crippen molar-refractivity contribution in [3.8, 4) is 0 Å². The Morgan fingerprint density at radius 3 is 2.62 bits per heavy atom. The lowest BCUT2D eigenvalue weighted by molar-refractivity contribution is 0.0877. The predicted molar refractivity (Wildman–Crippen MR) is 98.2 cm³/mol. The molecule has 2 heterocycles. The van der Waals surface area contributed by atoms with E-state index in [0.29, 0.717) is 10.6 Å². The van der Waals surface area contributed by atoms with Crippen molar-refractivity contribution in [3.63, 3.8) is 0 Å². The van der Waals surface area contributed by atoms with E-state index in [2.05, 4.69) is 27.0 Å². The summed E-state index contributed by atoms with van der Waals surface area (Å²) in [6.07, 6.45) is -1.18. The number of thiophene rings is 1. The second-order valence-corrected chi connectivity index (χ2v) is 6.58. The Morgan fingerprint density at radius 2 is 1.85 bits per heavy atom. The summed E-state index contributed by atoms with van der Waals surface area (Å²) in [6.45, 7) is 3.35. The number of carbonyl (C=O) groups excluding carboxylic acids is 3. The molecule has 0 atom stereocenters. The lowest BCUT2D eigenvalue weighted by atomic mass is 10.1. The van der Waals surface area contributed by atoms with Gasteiger partial charge in [0.15, 0.2) is 0 Å². The summed E-state index contributed by atoms with van der Waals surface area (Å²) in [5.74, 6) is -1.01. The van der Waals surface area contributed by atoms with Crippen molar-refractivity contribution in [2.24, 2.45) is 0 Å². The van der Waals surface area contributed by atoms with Gasteiger partial charge in [0.25, 0.3) is 11.8 Å². The van der Waals surface area contributed by atoms with E-state index < -0.39 is 12.0 Å². The molecule has 9 nitrogen and oxygen atoms in total.